The van der Waals surface area contributed by atoms with Crippen LogP contribution in [0.1, 0.15) is 67.3 Å². The molecule has 0 saturated carbocycles. The molecule has 0 spiro atoms. The van der Waals surface area contributed by atoms with E-state index in [1.54, 1.807) is 27.8 Å². The van der Waals surface area contributed by atoms with Crippen LogP contribution in [0.4, 0.5) is 0 Å². The zero-order valence-electron chi connectivity index (χ0n) is 13.0. The first-order valence-electron chi connectivity index (χ1n) is 6.87. The van der Waals surface area contributed by atoms with Gasteiger partial charge in [0.25, 0.3) is 0 Å². The summed E-state index contributed by atoms with van der Waals surface area (Å²) in [4.78, 5) is 0. The third-order valence-electron chi connectivity index (χ3n) is 3.93. The summed E-state index contributed by atoms with van der Waals surface area (Å²) in [7, 11) is 0. The maximum absolute atomic E-state index is 2.33. The Morgan fingerprint density at radius 1 is 0.895 bits per heavy atom. The molecule has 0 aliphatic heterocycles. The summed E-state index contributed by atoms with van der Waals surface area (Å²) < 4.78 is 0. The van der Waals surface area contributed by atoms with Gasteiger partial charge in [0.2, 0.25) is 0 Å². The smallest absolute Gasteiger partial charge is 1.00 e. The van der Waals surface area contributed by atoms with Gasteiger partial charge in [0, 0.05) is 0 Å². The molecule has 0 bridgehead atoms. The number of halogens is 2. The Bertz CT molecular complexity index is 312. The van der Waals surface area contributed by atoms with Gasteiger partial charge in [-0.2, -0.15) is 27.8 Å². The summed E-state index contributed by atoms with van der Waals surface area (Å²) in [5.74, 6) is 0. The van der Waals surface area contributed by atoms with Gasteiger partial charge in [-0.3, -0.25) is 0 Å². The third-order valence-corrected chi connectivity index (χ3v) is 3.93. The van der Waals surface area contributed by atoms with E-state index in [2.05, 4.69) is 34.6 Å². The summed E-state index contributed by atoms with van der Waals surface area (Å²) >= 11 is 0. The zero-order valence-corrected chi connectivity index (χ0v) is 17.0. The van der Waals surface area contributed by atoms with Crippen molar-refractivity contribution in [2.75, 3.05) is 0 Å². The Hall–Kier alpha value is 0.813. The summed E-state index contributed by atoms with van der Waals surface area (Å²) in [6.07, 6.45) is 7.82. The van der Waals surface area contributed by atoms with Gasteiger partial charge in [-0.05, 0) is 0 Å². The van der Waals surface area contributed by atoms with Crippen molar-refractivity contribution in [3.63, 3.8) is 0 Å². The molecule has 0 heterocycles. The summed E-state index contributed by atoms with van der Waals surface area (Å²) in [5.41, 5.74) is 8.02. The molecular weight excluding hydrogens is 354 g/mol. The van der Waals surface area contributed by atoms with E-state index in [1.165, 1.54) is 38.5 Å². The fraction of sp³-hybridized carbons (Fsp3) is 0.688. The van der Waals surface area contributed by atoms with Crippen molar-refractivity contribution < 1.29 is 51.0 Å². The van der Waals surface area contributed by atoms with Gasteiger partial charge in [0.15, 0.2) is 0 Å². The molecule has 1 rings (SSSR count). The van der Waals surface area contributed by atoms with Crippen LogP contribution >= 0.6 is 0 Å². The first-order valence-corrected chi connectivity index (χ1v) is 6.87. The Kier molecular flexibility index (Phi) is 16.4. The molecule has 0 amide bonds. The minimum Gasteiger partial charge on any atom is -1.00 e. The summed E-state index contributed by atoms with van der Waals surface area (Å²) in [6.45, 7) is 11.5. The monoisotopic (exact) mass is 379 g/mol. The molecule has 109 valence electrons. The molecule has 0 atom stereocenters. The van der Waals surface area contributed by atoms with Crippen LogP contribution < -0.4 is 24.8 Å². The van der Waals surface area contributed by atoms with Crippen LogP contribution in [0.25, 0.3) is 0 Å². The van der Waals surface area contributed by atoms with Crippen molar-refractivity contribution in [1.82, 2.24) is 0 Å². The topological polar surface area (TPSA) is 0 Å². The number of hydrogen-bond donors (Lipinski definition) is 0. The normalized spacial score (nSPS) is 9.32. The maximum Gasteiger partial charge on any atom is 3.00 e. The predicted octanol–water partition coefficient (Wildman–Crippen LogP) is -0.979. The van der Waals surface area contributed by atoms with E-state index in [-0.39, 0.29) is 51.0 Å². The van der Waals surface area contributed by atoms with Crippen LogP contribution in [0.5, 0.6) is 0 Å². The van der Waals surface area contributed by atoms with E-state index in [1.807, 2.05) is 0 Å². The van der Waals surface area contributed by atoms with Gasteiger partial charge >= 0.3 is 26.2 Å². The fourth-order valence-electron chi connectivity index (χ4n) is 2.65. The molecule has 0 aliphatic carbocycles. The molecule has 0 aliphatic rings. The second kappa shape index (κ2) is 12.5. The van der Waals surface area contributed by atoms with E-state index in [0.717, 1.165) is 0 Å². The second-order valence-corrected chi connectivity index (χ2v) is 5.04. The zero-order chi connectivity index (χ0) is 12.1. The molecule has 1 aromatic carbocycles. The minimum absolute atomic E-state index is 0. The molecule has 0 aromatic heterocycles. The van der Waals surface area contributed by atoms with Crippen molar-refractivity contribution in [2.24, 2.45) is 0 Å². The van der Waals surface area contributed by atoms with Crippen LogP contribution in [0.2, 0.25) is 0 Å². The SMILES string of the molecule is CCCCc1c(C)c(CCCC)[c-](C)c1C.[Cl-].[Cl-].[Zr+3]. The van der Waals surface area contributed by atoms with Crippen molar-refractivity contribution in [3.8, 4) is 0 Å². The van der Waals surface area contributed by atoms with Crippen LogP contribution in [0, 0.1) is 20.8 Å². The first-order chi connectivity index (χ1) is 7.63. The largest absolute Gasteiger partial charge is 3.00 e. The van der Waals surface area contributed by atoms with Crippen LogP contribution in [-0.2, 0) is 39.0 Å². The molecule has 0 nitrogen and oxygen atoms in total. The molecule has 1 aromatic rings. The van der Waals surface area contributed by atoms with E-state index in [9.17, 15) is 0 Å². The molecule has 1 radical (unpaired) electrons. The molecular formula is C16H27Cl2Zr. The average Bonchev–Trinajstić information content (AvgIpc) is 2.47. The second-order valence-electron chi connectivity index (χ2n) is 5.04. The minimum atomic E-state index is 0. The van der Waals surface area contributed by atoms with Crippen LogP contribution in [-0.4, -0.2) is 0 Å². The Morgan fingerprint density at radius 2 is 1.37 bits per heavy atom. The molecule has 0 unspecified atom stereocenters. The van der Waals surface area contributed by atoms with E-state index < -0.39 is 0 Å². The van der Waals surface area contributed by atoms with E-state index in [0.29, 0.717) is 0 Å². The Morgan fingerprint density at radius 3 is 1.84 bits per heavy atom. The van der Waals surface area contributed by atoms with E-state index >= 15 is 0 Å². The van der Waals surface area contributed by atoms with Gasteiger partial charge in [0.1, 0.15) is 0 Å². The number of hydrogen-bond acceptors (Lipinski definition) is 0. The van der Waals surface area contributed by atoms with Crippen molar-refractivity contribution in [1.29, 1.82) is 0 Å². The summed E-state index contributed by atoms with van der Waals surface area (Å²) in [5, 5.41) is 0. The number of rotatable bonds is 6. The van der Waals surface area contributed by atoms with Gasteiger partial charge in [-0.1, -0.05) is 73.1 Å². The molecule has 0 fully saturated rings. The third kappa shape index (κ3) is 6.41. The number of unbranched alkanes of at least 4 members (excludes halogenated alkanes) is 2. The predicted molar refractivity (Wildman–Crippen MR) is 73.5 cm³/mol. The van der Waals surface area contributed by atoms with Gasteiger partial charge in [0.05, 0.1) is 0 Å². The quantitative estimate of drug-likeness (QED) is 0.556. The fourth-order valence-corrected chi connectivity index (χ4v) is 2.65. The van der Waals surface area contributed by atoms with Gasteiger partial charge in [-0.15, -0.1) is 0 Å². The van der Waals surface area contributed by atoms with Gasteiger partial charge < -0.3 is 24.8 Å². The van der Waals surface area contributed by atoms with Crippen molar-refractivity contribution in [2.45, 2.75) is 73.1 Å². The summed E-state index contributed by atoms with van der Waals surface area (Å²) in [6, 6.07) is 0. The molecule has 3 heteroatoms. The van der Waals surface area contributed by atoms with Crippen molar-refractivity contribution in [3.05, 3.63) is 27.8 Å². The Balaban J connectivity index is -0.000000853. The first kappa shape index (κ1) is 24.8. The van der Waals surface area contributed by atoms with Crippen molar-refractivity contribution >= 4 is 0 Å². The molecule has 0 N–H and O–H groups in total. The average molecular weight is 382 g/mol. The molecule has 19 heavy (non-hydrogen) atoms. The molecule has 0 saturated heterocycles. The van der Waals surface area contributed by atoms with E-state index in [4.69, 9.17) is 0 Å². The maximum atomic E-state index is 2.33. The standard InChI is InChI=1S/C16H27.2ClH.Zr/c1-6-8-10-15-12(3)13(4)16(14(15)5)11-9-7-2;;;/h6-11H2,1-5H3;2*1H;/q-1;;;+3/p-2. The van der Waals surface area contributed by atoms with Crippen LogP contribution in [0.15, 0.2) is 0 Å². The van der Waals surface area contributed by atoms with Gasteiger partial charge in [-0.25, -0.2) is 0 Å². The van der Waals surface area contributed by atoms with Crippen LogP contribution in [0.3, 0.4) is 0 Å². The Labute approximate surface area is 151 Å².